The highest BCUT2D eigenvalue weighted by molar-refractivity contribution is 6.31. The second-order valence-corrected chi connectivity index (χ2v) is 26.8. The Balaban J connectivity index is 1.57. The summed E-state index contributed by atoms with van der Waals surface area (Å²) in [4.78, 5) is 170. The quantitative estimate of drug-likeness (QED) is 0.283. The molecule has 26 heteroatoms. The van der Waals surface area contributed by atoms with Crippen LogP contribution in [0.4, 0.5) is 13.2 Å². The van der Waals surface area contributed by atoms with Gasteiger partial charge in [-0.25, -0.2) is 0 Å². The Morgan fingerprint density at radius 1 is 0.663 bits per heavy atom. The van der Waals surface area contributed by atoms with Crippen molar-refractivity contribution in [1.29, 1.82) is 0 Å². The molecule has 2 aromatic rings. The lowest BCUT2D eigenvalue weighted by Crippen LogP contribution is -2.64. The number of nitrogens with one attached hydrogen (secondary N) is 3. The summed E-state index contributed by atoms with van der Waals surface area (Å²) in [5.74, 6) is -8.06. The molecule has 3 aliphatic rings. The number of carbonyl (C=O) groups is 11. The molecule has 3 fully saturated rings. The number of hydrogen-bond donors (Lipinski definition) is 3. The molecule has 1 saturated carbocycles. The lowest BCUT2D eigenvalue weighted by Gasteiger charge is -2.41. The Morgan fingerprint density at radius 3 is 1.87 bits per heavy atom. The van der Waals surface area contributed by atoms with E-state index >= 15 is 9.59 Å². The molecule has 1 spiro atoms. The zero-order chi connectivity index (χ0) is 69.0. The zero-order valence-electron chi connectivity index (χ0n) is 56.2. The van der Waals surface area contributed by atoms with Crippen LogP contribution in [0.15, 0.2) is 42.5 Å². The van der Waals surface area contributed by atoms with E-state index in [2.05, 4.69) is 16.0 Å². The Kier molecular flexibility index (Phi) is 26.6. The van der Waals surface area contributed by atoms with Crippen LogP contribution < -0.4 is 16.0 Å². The Labute approximate surface area is 544 Å². The number of amides is 11. The molecule has 2 aromatic carbocycles. The fourth-order valence-corrected chi connectivity index (χ4v) is 12.8. The third kappa shape index (κ3) is 18.9. The van der Waals surface area contributed by atoms with Crippen LogP contribution >= 0.6 is 11.6 Å². The second kappa shape index (κ2) is 32.5. The van der Waals surface area contributed by atoms with Crippen molar-refractivity contribution in [3.8, 4) is 0 Å². The zero-order valence-corrected chi connectivity index (χ0v) is 57.0. The highest BCUT2D eigenvalue weighted by atomic mass is 35.5. The first kappa shape index (κ1) is 75.4. The van der Waals surface area contributed by atoms with Crippen molar-refractivity contribution < 1.29 is 65.9 Å². The molecule has 8 atom stereocenters. The summed E-state index contributed by atoms with van der Waals surface area (Å²) in [6, 6.07) is 2.41. The highest BCUT2D eigenvalue weighted by Gasteiger charge is 2.50. The van der Waals surface area contributed by atoms with Crippen LogP contribution in [0.5, 0.6) is 0 Å². The molecule has 0 aromatic heterocycles. The van der Waals surface area contributed by atoms with Gasteiger partial charge in [0, 0.05) is 74.8 Å². The standard InChI is InChI=1S/C66H97ClF3N11O11/c1-16-42(7)56-62(90)76(11)37-54(84)74(9)38-55(85)79(14)51(35-45-22-19-21-41(6)32-45)61(89)75(10)36-52(82)71-48(27-25-44-24-26-46(47(67)34-44)66(68,69)70)60(88)81-30-20-23-49(81)59(87)73-65(28-17-18-29-65)64(92)80(15)57(40(4)5)63(91)77(12)43(8)33-53(83)78(13)50(31-39(2)3)58(86)72-56/h19,21-22,24,26,32,34,39-40,42-43,48-51,56-57H,16-18,20,23,25,27-31,33,35-38H2,1-15H3,(H,71,82)(H,72,86)(H,73,87)/t42-,43+,48-,49?,50-,51-,56-,57-/m0/s1. The molecule has 5 rings (SSSR count). The van der Waals surface area contributed by atoms with Gasteiger partial charge >= 0.3 is 6.18 Å². The Hall–Kier alpha value is -7.31. The van der Waals surface area contributed by atoms with E-state index in [-0.39, 0.29) is 63.8 Å². The summed E-state index contributed by atoms with van der Waals surface area (Å²) in [6.45, 7) is 12.7. The van der Waals surface area contributed by atoms with E-state index in [0.717, 1.165) is 37.3 Å². The minimum absolute atomic E-state index is 0.0421. The predicted octanol–water partition coefficient (Wildman–Crippen LogP) is 5.09. The topological polar surface area (TPSA) is 250 Å². The number of fused-ring (bicyclic) bond motifs is 1. The first-order valence-electron chi connectivity index (χ1n) is 31.9. The summed E-state index contributed by atoms with van der Waals surface area (Å²) in [7, 11) is 9.94. The predicted molar refractivity (Wildman–Crippen MR) is 341 cm³/mol. The van der Waals surface area contributed by atoms with Crippen molar-refractivity contribution in [2.45, 2.75) is 186 Å². The number of halogens is 4. The number of rotatable bonds is 10. The van der Waals surface area contributed by atoms with E-state index < -0.39 is 161 Å². The summed E-state index contributed by atoms with van der Waals surface area (Å²) >= 11 is 6.11. The molecule has 2 saturated heterocycles. The first-order chi connectivity index (χ1) is 42.9. The van der Waals surface area contributed by atoms with E-state index in [4.69, 9.17) is 11.6 Å². The fraction of sp³-hybridized carbons (Fsp3) is 0.652. The minimum atomic E-state index is -4.75. The van der Waals surface area contributed by atoms with Crippen LogP contribution in [-0.2, 0) is 71.8 Å². The van der Waals surface area contributed by atoms with Crippen molar-refractivity contribution >= 4 is 76.6 Å². The molecule has 92 heavy (non-hydrogen) atoms. The van der Waals surface area contributed by atoms with E-state index in [9.17, 15) is 56.3 Å². The Morgan fingerprint density at radius 2 is 1.28 bits per heavy atom. The van der Waals surface area contributed by atoms with E-state index in [1.165, 1.54) is 75.0 Å². The van der Waals surface area contributed by atoms with Gasteiger partial charge in [-0.15, -0.1) is 0 Å². The van der Waals surface area contributed by atoms with Gasteiger partial charge in [0.05, 0.1) is 30.2 Å². The number of nitrogens with zero attached hydrogens (tertiary/aromatic N) is 8. The van der Waals surface area contributed by atoms with Crippen molar-refractivity contribution in [3.05, 3.63) is 69.7 Å². The largest absolute Gasteiger partial charge is 0.417 e. The molecule has 1 unspecified atom stereocenters. The van der Waals surface area contributed by atoms with Gasteiger partial charge in [-0.3, -0.25) is 52.7 Å². The number of likely N-dealkylation sites (N-methyl/N-ethyl adjacent to an activating group) is 7. The molecule has 1 aliphatic carbocycles. The van der Waals surface area contributed by atoms with E-state index in [0.29, 0.717) is 36.8 Å². The summed E-state index contributed by atoms with van der Waals surface area (Å²) in [5, 5.41) is 8.04. The van der Waals surface area contributed by atoms with Crippen LogP contribution in [0.1, 0.15) is 135 Å². The first-order valence-corrected chi connectivity index (χ1v) is 32.2. The SMILES string of the molecule is CC[C@H](C)[C@@H]1NC(=O)[C@H](CC(C)C)N(C)C(=O)C[C@@H](C)N(C)C(=O)[C@H](C(C)C)N(C)C(=O)C2(CCCC2)NC(=O)C2CCCN2C(=O)[C@H](CCc2ccc(C(F)(F)F)c(Cl)c2)NC(=O)CN(C)C(=O)[C@H](Cc2cccc(C)c2)N(C)C(=O)CN(C)C(=O)CN(C)C1=O. The molecule has 2 aliphatic heterocycles. The number of aryl methyl sites for hydroxylation is 2. The smallest absolute Gasteiger partial charge is 0.343 e. The van der Waals surface area contributed by atoms with Gasteiger partial charge in [0.25, 0.3) is 0 Å². The van der Waals surface area contributed by atoms with Gasteiger partial charge in [0.15, 0.2) is 0 Å². The third-order valence-electron chi connectivity index (χ3n) is 18.5. The molecule has 2 heterocycles. The maximum atomic E-state index is 15.1. The molecule has 3 N–H and O–H groups in total. The average molecular weight is 1310 g/mol. The minimum Gasteiger partial charge on any atom is -0.343 e. The van der Waals surface area contributed by atoms with Crippen LogP contribution in [0.25, 0.3) is 0 Å². The normalized spacial score (nSPS) is 24.9. The van der Waals surface area contributed by atoms with Crippen LogP contribution in [-0.4, -0.2) is 228 Å². The van der Waals surface area contributed by atoms with Crippen molar-refractivity contribution in [2.75, 3.05) is 75.5 Å². The number of benzene rings is 2. The van der Waals surface area contributed by atoms with Crippen molar-refractivity contribution in [1.82, 2.24) is 55.1 Å². The summed E-state index contributed by atoms with van der Waals surface area (Å²) in [5.41, 5.74) is -0.779. The van der Waals surface area contributed by atoms with Gasteiger partial charge in [-0.1, -0.05) is 108 Å². The number of carbonyl (C=O) groups excluding carboxylic acids is 11. The second-order valence-electron chi connectivity index (χ2n) is 26.4. The van der Waals surface area contributed by atoms with Gasteiger partial charge < -0.3 is 55.1 Å². The van der Waals surface area contributed by atoms with Crippen molar-refractivity contribution in [2.24, 2.45) is 17.8 Å². The third-order valence-corrected chi connectivity index (χ3v) is 18.8. The molecule has 0 radical (unpaired) electrons. The fourth-order valence-electron chi connectivity index (χ4n) is 12.5. The van der Waals surface area contributed by atoms with Gasteiger partial charge in [-0.2, -0.15) is 13.2 Å². The highest BCUT2D eigenvalue weighted by Crippen LogP contribution is 2.36. The monoisotopic (exact) mass is 1310 g/mol. The number of alkyl halides is 3. The maximum Gasteiger partial charge on any atom is 0.417 e. The van der Waals surface area contributed by atoms with Crippen LogP contribution in [0.2, 0.25) is 5.02 Å². The molecular formula is C66H97ClF3N11O11. The number of hydrogen-bond acceptors (Lipinski definition) is 11. The molecule has 510 valence electrons. The van der Waals surface area contributed by atoms with Gasteiger partial charge in [-0.05, 0) is 99.8 Å². The molecule has 0 bridgehead atoms. The van der Waals surface area contributed by atoms with Gasteiger partial charge in [0.1, 0.15) is 41.8 Å². The Bertz CT molecular complexity index is 3030. The molecular weight excluding hydrogens is 1220 g/mol. The van der Waals surface area contributed by atoms with Crippen molar-refractivity contribution in [3.63, 3.8) is 0 Å². The molecule has 11 amide bonds. The maximum absolute atomic E-state index is 15.1. The van der Waals surface area contributed by atoms with Crippen LogP contribution in [0.3, 0.4) is 0 Å². The molecule has 22 nitrogen and oxygen atoms in total. The van der Waals surface area contributed by atoms with Gasteiger partial charge in [0.2, 0.25) is 65.0 Å². The lowest BCUT2D eigenvalue weighted by molar-refractivity contribution is -0.152. The summed E-state index contributed by atoms with van der Waals surface area (Å²) < 4.78 is 41.3. The van der Waals surface area contributed by atoms with E-state index in [1.807, 2.05) is 39.8 Å². The van der Waals surface area contributed by atoms with E-state index in [1.54, 1.807) is 39.8 Å². The average Bonchev–Trinajstić information content (AvgIpc) is 1.50. The lowest BCUT2D eigenvalue weighted by atomic mass is 9.91. The van der Waals surface area contributed by atoms with Crippen LogP contribution in [0, 0.1) is 24.7 Å². The summed E-state index contributed by atoms with van der Waals surface area (Å²) in [6.07, 6.45) is -2.71.